The zero-order valence-electron chi connectivity index (χ0n) is 18.1. The lowest BCUT2D eigenvalue weighted by molar-refractivity contribution is -1.18. The van der Waals surface area contributed by atoms with Crippen molar-refractivity contribution in [3.63, 3.8) is 0 Å². The molecule has 6 atom stereocenters. The molecule has 3 aliphatic heterocycles. The summed E-state index contributed by atoms with van der Waals surface area (Å²) in [5.41, 5.74) is 0. The minimum atomic E-state index is 0.0399. The van der Waals surface area contributed by atoms with E-state index in [0.29, 0.717) is 23.9 Å². The van der Waals surface area contributed by atoms with E-state index in [1.807, 2.05) is 19.0 Å². The van der Waals surface area contributed by atoms with Gasteiger partial charge in [0.05, 0.1) is 18.6 Å². The van der Waals surface area contributed by atoms with Crippen LogP contribution in [0.2, 0.25) is 0 Å². The Labute approximate surface area is 174 Å². The fourth-order valence-electron chi connectivity index (χ4n) is 6.04. The van der Waals surface area contributed by atoms with Gasteiger partial charge in [-0.25, -0.2) is 0 Å². The highest BCUT2D eigenvalue weighted by Crippen LogP contribution is 2.38. The molecule has 4 N–H and O–H groups in total. The van der Waals surface area contributed by atoms with E-state index in [0.717, 1.165) is 32.5 Å². The first-order valence-corrected chi connectivity index (χ1v) is 11.4. The number of nitrogens with two attached hydrogens (primary N) is 1. The summed E-state index contributed by atoms with van der Waals surface area (Å²) in [5, 5.41) is 9.60. The number of piperidine rings is 1. The van der Waals surface area contributed by atoms with Gasteiger partial charge < -0.3 is 4.90 Å². The maximum absolute atomic E-state index is 12.2. The number of quaternary nitrogens is 1. The predicted octanol–water partition coefficient (Wildman–Crippen LogP) is 0.728. The number of fused-ring (bicyclic) bond motifs is 1. The van der Waals surface area contributed by atoms with E-state index in [1.165, 1.54) is 38.2 Å². The van der Waals surface area contributed by atoms with E-state index in [4.69, 9.17) is 10.8 Å². The van der Waals surface area contributed by atoms with Crippen LogP contribution in [-0.2, 0) is 9.73 Å². The molecule has 4 rings (SSSR count). The number of carbonyl (C=O) groups is 1. The largest absolute Gasteiger partial charge is 0.338 e. The van der Waals surface area contributed by atoms with Crippen molar-refractivity contribution in [1.29, 1.82) is 0 Å². The molecule has 0 aromatic carbocycles. The first-order valence-electron chi connectivity index (χ1n) is 11.4. The van der Waals surface area contributed by atoms with Gasteiger partial charge in [-0.2, -0.15) is 0 Å². The van der Waals surface area contributed by atoms with Gasteiger partial charge in [-0.3, -0.25) is 15.4 Å². The third-order valence-corrected chi connectivity index (χ3v) is 7.57. The molecule has 6 unspecified atom stereocenters. The molecule has 0 aromatic heterocycles. The second-order valence-electron chi connectivity index (χ2n) is 9.61. The van der Waals surface area contributed by atoms with Crippen LogP contribution in [0.4, 0.5) is 0 Å². The smallest absolute Gasteiger partial charge is 0.246 e. The summed E-state index contributed by atoms with van der Waals surface area (Å²) >= 11 is 0. The van der Waals surface area contributed by atoms with Gasteiger partial charge in [0, 0.05) is 33.2 Å². The molecule has 0 spiro atoms. The Morgan fingerprint density at radius 3 is 2.59 bits per heavy atom. The molecular weight excluding hydrogens is 368 g/mol. The van der Waals surface area contributed by atoms with Crippen LogP contribution in [0.5, 0.6) is 0 Å². The summed E-state index contributed by atoms with van der Waals surface area (Å²) in [7, 11) is 3.79. The SMILES string of the molecule is C=CC(=O)N1CCC2C(C1)NC(C1CCCCC1)NC2C1CC[N+]1(N)ON(C)C. The van der Waals surface area contributed by atoms with E-state index < -0.39 is 0 Å². The molecule has 0 bridgehead atoms. The molecule has 1 amide bonds. The fraction of sp³-hybridized carbons (Fsp3) is 0.857. The first kappa shape index (κ1) is 21.2. The lowest BCUT2D eigenvalue weighted by Crippen LogP contribution is -2.81. The first-order chi connectivity index (χ1) is 13.9. The number of hydrogen-bond donors (Lipinski definition) is 3. The lowest BCUT2D eigenvalue weighted by atomic mass is 9.74. The van der Waals surface area contributed by atoms with Crippen LogP contribution in [0.25, 0.3) is 0 Å². The number of hydrogen-bond acceptors (Lipinski definition) is 6. The van der Waals surface area contributed by atoms with Gasteiger partial charge in [-0.15, -0.1) is 10.9 Å². The summed E-state index contributed by atoms with van der Waals surface area (Å²) in [4.78, 5) is 20.2. The molecule has 3 saturated heterocycles. The molecule has 164 valence electrons. The van der Waals surface area contributed by atoms with E-state index >= 15 is 0 Å². The van der Waals surface area contributed by atoms with Crippen LogP contribution in [-0.4, -0.2) is 78.6 Å². The zero-order chi connectivity index (χ0) is 20.6. The number of amides is 1. The average Bonchev–Trinajstić information content (AvgIpc) is 2.72. The molecule has 29 heavy (non-hydrogen) atoms. The highest BCUT2D eigenvalue weighted by Gasteiger charge is 2.58. The quantitative estimate of drug-likeness (QED) is 0.270. The van der Waals surface area contributed by atoms with Crippen LogP contribution >= 0.6 is 0 Å². The van der Waals surface area contributed by atoms with E-state index in [9.17, 15) is 4.79 Å². The summed E-state index contributed by atoms with van der Waals surface area (Å²) in [5.74, 6) is 7.79. The van der Waals surface area contributed by atoms with Crippen LogP contribution < -0.4 is 16.5 Å². The Kier molecular flexibility index (Phi) is 6.30. The van der Waals surface area contributed by atoms with Gasteiger partial charge in [0.2, 0.25) is 5.91 Å². The summed E-state index contributed by atoms with van der Waals surface area (Å²) in [6.45, 7) is 6.05. The Morgan fingerprint density at radius 1 is 1.21 bits per heavy atom. The summed E-state index contributed by atoms with van der Waals surface area (Å²) < 4.78 is 0.153. The average molecular weight is 408 g/mol. The summed E-state index contributed by atoms with van der Waals surface area (Å²) in [6, 6.07) is 0.826. The van der Waals surface area contributed by atoms with Crippen LogP contribution in [0, 0.1) is 11.8 Å². The molecule has 0 aromatic rings. The van der Waals surface area contributed by atoms with Crippen molar-refractivity contribution in [2.75, 3.05) is 33.7 Å². The number of nitrogens with zero attached hydrogens (tertiary/aromatic N) is 3. The van der Waals surface area contributed by atoms with Crippen molar-refractivity contribution < 1.29 is 14.5 Å². The Balaban J connectivity index is 1.54. The van der Waals surface area contributed by atoms with E-state index in [1.54, 1.807) is 5.06 Å². The molecule has 1 saturated carbocycles. The normalized spacial score (nSPS) is 41.0. The molecular formula is C21H39N6O2+. The van der Waals surface area contributed by atoms with Crippen LogP contribution in [0.1, 0.15) is 44.9 Å². The Hall–Kier alpha value is -1.03. The van der Waals surface area contributed by atoms with Crippen molar-refractivity contribution in [2.45, 2.75) is 69.2 Å². The lowest BCUT2D eigenvalue weighted by Gasteiger charge is -2.56. The monoisotopic (exact) mass is 407 g/mol. The molecule has 4 fully saturated rings. The van der Waals surface area contributed by atoms with Crippen molar-refractivity contribution in [1.82, 2.24) is 20.6 Å². The maximum atomic E-state index is 12.2. The second kappa shape index (κ2) is 8.61. The van der Waals surface area contributed by atoms with Crippen molar-refractivity contribution >= 4 is 5.91 Å². The standard InChI is InChI=1S/C21H39N6O2/c1-4-19(28)26-12-10-16-17(14-26)23-21(15-8-6-5-7-9-15)24-20(16)18-11-13-27(18,22)29-25(2)3/h4,15-18,20-21,23-24H,1,5-14,22H2,2-3H3/q+1. The van der Waals surface area contributed by atoms with Crippen molar-refractivity contribution in [3.05, 3.63) is 12.7 Å². The third-order valence-electron chi connectivity index (χ3n) is 7.57. The van der Waals surface area contributed by atoms with E-state index in [2.05, 4.69) is 17.2 Å². The molecule has 3 heterocycles. The van der Waals surface area contributed by atoms with Gasteiger partial charge in [0.25, 0.3) is 0 Å². The van der Waals surface area contributed by atoms with Crippen molar-refractivity contribution in [3.8, 4) is 0 Å². The molecule has 8 heteroatoms. The van der Waals surface area contributed by atoms with Gasteiger partial charge in [0.15, 0.2) is 6.04 Å². The minimum absolute atomic E-state index is 0.0399. The van der Waals surface area contributed by atoms with Gasteiger partial charge >= 0.3 is 0 Å². The number of likely N-dealkylation sites (tertiary alicyclic amines) is 1. The summed E-state index contributed by atoms with van der Waals surface area (Å²) in [6.07, 6.45) is 10.3. The zero-order valence-corrected chi connectivity index (χ0v) is 18.1. The molecule has 8 nitrogen and oxygen atoms in total. The maximum Gasteiger partial charge on any atom is 0.246 e. The Bertz CT molecular complexity index is 610. The van der Waals surface area contributed by atoms with Gasteiger partial charge in [0.1, 0.15) is 6.54 Å². The van der Waals surface area contributed by atoms with Crippen LogP contribution in [0.3, 0.4) is 0 Å². The number of carbonyl (C=O) groups excluding carboxylic acids is 1. The van der Waals surface area contributed by atoms with Crippen molar-refractivity contribution in [2.24, 2.45) is 17.7 Å². The number of nitrogens with one attached hydrogen (secondary N) is 2. The topological polar surface area (TPSA) is 82.9 Å². The third kappa shape index (κ3) is 4.24. The highest BCUT2D eigenvalue weighted by atomic mass is 16.9. The number of rotatable bonds is 5. The Morgan fingerprint density at radius 2 is 1.97 bits per heavy atom. The predicted molar refractivity (Wildman–Crippen MR) is 112 cm³/mol. The fourth-order valence-corrected chi connectivity index (χ4v) is 6.04. The minimum Gasteiger partial charge on any atom is -0.338 e. The second-order valence-corrected chi connectivity index (χ2v) is 9.61. The van der Waals surface area contributed by atoms with Gasteiger partial charge in [-0.05, 0) is 37.2 Å². The molecule has 0 radical (unpaired) electrons. The number of hydroxylamine groups is 4. The highest BCUT2D eigenvalue weighted by molar-refractivity contribution is 5.87. The van der Waals surface area contributed by atoms with Crippen LogP contribution in [0.15, 0.2) is 12.7 Å². The van der Waals surface area contributed by atoms with E-state index in [-0.39, 0.29) is 22.9 Å². The molecule has 1 aliphatic carbocycles. The molecule has 4 aliphatic rings. The van der Waals surface area contributed by atoms with Gasteiger partial charge in [-0.1, -0.05) is 35.5 Å².